The Morgan fingerprint density at radius 1 is 1.32 bits per heavy atom. The van der Waals surface area contributed by atoms with Gasteiger partial charge in [0.15, 0.2) is 5.78 Å². The zero-order valence-electron chi connectivity index (χ0n) is 11.3. The number of ketones is 1. The van der Waals surface area contributed by atoms with Gasteiger partial charge in [0.1, 0.15) is 5.69 Å². The summed E-state index contributed by atoms with van der Waals surface area (Å²) in [7, 11) is 0. The van der Waals surface area contributed by atoms with Crippen molar-refractivity contribution in [3.63, 3.8) is 0 Å². The van der Waals surface area contributed by atoms with Gasteiger partial charge in [-0.2, -0.15) is 5.10 Å². The van der Waals surface area contributed by atoms with Crippen molar-refractivity contribution in [3.05, 3.63) is 48.3 Å². The summed E-state index contributed by atoms with van der Waals surface area (Å²) in [6, 6.07) is 11.5. The third-order valence-electron chi connectivity index (χ3n) is 3.04. The molecule has 1 N–H and O–H groups in total. The Hall–Kier alpha value is -1.94. The molecule has 1 unspecified atom stereocenters. The van der Waals surface area contributed by atoms with E-state index in [1.54, 1.807) is 16.9 Å². The lowest BCUT2D eigenvalue weighted by atomic mass is 10.0. The first-order valence-corrected chi connectivity index (χ1v) is 6.58. The molecule has 4 heteroatoms. The van der Waals surface area contributed by atoms with Crippen LogP contribution in [-0.4, -0.2) is 28.7 Å². The minimum Gasteiger partial charge on any atom is -0.316 e. The third kappa shape index (κ3) is 3.09. The highest BCUT2D eigenvalue weighted by atomic mass is 16.1. The lowest BCUT2D eigenvalue weighted by Gasteiger charge is -2.12. The van der Waals surface area contributed by atoms with Gasteiger partial charge in [-0.1, -0.05) is 32.0 Å². The van der Waals surface area contributed by atoms with Crippen molar-refractivity contribution in [3.8, 4) is 5.69 Å². The highest BCUT2D eigenvalue weighted by Gasteiger charge is 2.19. The van der Waals surface area contributed by atoms with E-state index in [0.29, 0.717) is 12.2 Å². The summed E-state index contributed by atoms with van der Waals surface area (Å²) in [6.45, 7) is 5.53. The van der Waals surface area contributed by atoms with E-state index in [0.717, 1.165) is 12.2 Å². The summed E-state index contributed by atoms with van der Waals surface area (Å²) in [5, 5.41) is 7.45. The molecule has 0 saturated carbocycles. The first-order valence-electron chi connectivity index (χ1n) is 6.58. The molecule has 1 atom stereocenters. The highest BCUT2D eigenvalue weighted by molar-refractivity contribution is 5.96. The molecule has 0 radical (unpaired) electrons. The molecule has 0 fully saturated rings. The zero-order valence-corrected chi connectivity index (χ0v) is 11.3. The second-order valence-corrected chi connectivity index (χ2v) is 4.54. The van der Waals surface area contributed by atoms with E-state index >= 15 is 0 Å². The smallest absolute Gasteiger partial charge is 0.185 e. The van der Waals surface area contributed by atoms with Gasteiger partial charge in [-0.05, 0) is 24.7 Å². The first-order chi connectivity index (χ1) is 9.24. The van der Waals surface area contributed by atoms with Crippen LogP contribution < -0.4 is 5.32 Å². The second-order valence-electron chi connectivity index (χ2n) is 4.54. The quantitative estimate of drug-likeness (QED) is 0.808. The van der Waals surface area contributed by atoms with Crippen molar-refractivity contribution in [1.82, 2.24) is 15.1 Å². The number of nitrogens with zero attached hydrogens (tertiary/aromatic N) is 2. The number of rotatable bonds is 6. The van der Waals surface area contributed by atoms with Crippen molar-refractivity contribution in [2.45, 2.75) is 13.8 Å². The van der Waals surface area contributed by atoms with Crippen molar-refractivity contribution in [2.24, 2.45) is 5.92 Å². The molecule has 1 heterocycles. The molecule has 2 aromatic rings. The van der Waals surface area contributed by atoms with Crippen molar-refractivity contribution < 1.29 is 4.79 Å². The predicted octanol–water partition coefficient (Wildman–Crippen LogP) is 2.30. The zero-order chi connectivity index (χ0) is 13.7. The average Bonchev–Trinajstić information content (AvgIpc) is 2.94. The van der Waals surface area contributed by atoms with Crippen LogP contribution in [0.25, 0.3) is 5.69 Å². The van der Waals surface area contributed by atoms with E-state index in [1.807, 2.05) is 44.2 Å². The summed E-state index contributed by atoms with van der Waals surface area (Å²) in [5.41, 5.74) is 1.54. The van der Waals surface area contributed by atoms with Crippen LogP contribution in [-0.2, 0) is 0 Å². The van der Waals surface area contributed by atoms with Gasteiger partial charge < -0.3 is 5.32 Å². The van der Waals surface area contributed by atoms with Crippen molar-refractivity contribution in [2.75, 3.05) is 13.1 Å². The van der Waals surface area contributed by atoms with Gasteiger partial charge in [0.2, 0.25) is 0 Å². The number of hydrogen-bond acceptors (Lipinski definition) is 3. The first kappa shape index (κ1) is 13.5. The van der Waals surface area contributed by atoms with Gasteiger partial charge in [0, 0.05) is 12.5 Å². The maximum Gasteiger partial charge on any atom is 0.185 e. The SMILES string of the molecule is CCNCC(C)C(=O)c1ccnn1-c1ccccc1. The number of Topliss-reactive ketones (excluding diaryl/α,β-unsaturated/α-hetero) is 1. The number of benzene rings is 1. The topological polar surface area (TPSA) is 46.9 Å². The number of aromatic nitrogens is 2. The molecule has 0 aliphatic heterocycles. The van der Waals surface area contributed by atoms with E-state index in [9.17, 15) is 4.79 Å². The highest BCUT2D eigenvalue weighted by Crippen LogP contribution is 2.13. The van der Waals surface area contributed by atoms with Gasteiger partial charge in [-0.25, -0.2) is 4.68 Å². The van der Waals surface area contributed by atoms with E-state index in [-0.39, 0.29) is 11.7 Å². The van der Waals surface area contributed by atoms with Crippen molar-refractivity contribution >= 4 is 5.78 Å². The molecule has 4 nitrogen and oxygen atoms in total. The Morgan fingerprint density at radius 2 is 2.05 bits per heavy atom. The number of para-hydroxylation sites is 1. The molecule has 100 valence electrons. The summed E-state index contributed by atoms with van der Waals surface area (Å²) in [4.78, 5) is 12.4. The Balaban J connectivity index is 2.22. The molecule has 0 bridgehead atoms. The fraction of sp³-hybridized carbons (Fsp3) is 0.333. The van der Waals surface area contributed by atoms with Crippen molar-refractivity contribution in [1.29, 1.82) is 0 Å². The Morgan fingerprint density at radius 3 is 2.74 bits per heavy atom. The molecule has 0 amide bonds. The van der Waals surface area contributed by atoms with Crippen LogP contribution >= 0.6 is 0 Å². The Kier molecular flexibility index (Phi) is 4.47. The van der Waals surface area contributed by atoms with Crippen LogP contribution in [0.1, 0.15) is 24.3 Å². The van der Waals surface area contributed by atoms with Gasteiger partial charge in [0.25, 0.3) is 0 Å². The molecular weight excluding hydrogens is 238 g/mol. The van der Waals surface area contributed by atoms with Gasteiger partial charge in [-0.15, -0.1) is 0 Å². The largest absolute Gasteiger partial charge is 0.316 e. The number of hydrogen-bond donors (Lipinski definition) is 1. The fourth-order valence-corrected chi connectivity index (χ4v) is 1.97. The second kappa shape index (κ2) is 6.29. The van der Waals surface area contributed by atoms with Gasteiger partial charge >= 0.3 is 0 Å². The van der Waals surface area contributed by atoms with E-state index in [2.05, 4.69) is 10.4 Å². The summed E-state index contributed by atoms with van der Waals surface area (Å²) < 4.78 is 1.70. The Labute approximate surface area is 113 Å². The molecule has 1 aromatic carbocycles. The number of carbonyl (C=O) groups is 1. The van der Waals surface area contributed by atoms with Gasteiger partial charge in [-0.3, -0.25) is 4.79 Å². The maximum atomic E-state index is 12.4. The molecule has 0 spiro atoms. The van der Waals surface area contributed by atoms with Gasteiger partial charge in [0.05, 0.1) is 11.9 Å². The summed E-state index contributed by atoms with van der Waals surface area (Å²) >= 11 is 0. The average molecular weight is 257 g/mol. The molecule has 19 heavy (non-hydrogen) atoms. The van der Waals surface area contributed by atoms with Crippen LogP contribution in [0.5, 0.6) is 0 Å². The number of carbonyl (C=O) groups excluding carboxylic acids is 1. The standard InChI is InChI=1S/C15H19N3O/c1-3-16-11-12(2)15(19)14-9-10-17-18(14)13-7-5-4-6-8-13/h4-10,12,16H,3,11H2,1-2H3. The fourth-order valence-electron chi connectivity index (χ4n) is 1.97. The van der Waals surface area contributed by atoms with Crippen LogP contribution in [0.2, 0.25) is 0 Å². The van der Waals surface area contributed by atoms with Crippen LogP contribution in [0, 0.1) is 5.92 Å². The minimum atomic E-state index is -0.0564. The van der Waals surface area contributed by atoms with E-state index in [4.69, 9.17) is 0 Å². The monoisotopic (exact) mass is 257 g/mol. The molecular formula is C15H19N3O. The van der Waals surface area contributed by atoms with Crippen LogP contribution in [0.15, 0.2) is 42.6 Å². The van der Waals surface area contributed by atoms with Crippen LogP contribution in [0.3, 0.4) is 0 Å². The molecule has 2 rings (SSSR count). The van der Waals surface area contributed by atoms with E-state index < -0.39 is 0 Å². The normalized spacial score (nSPS) is 12.3. The lowest BCUT2D eigenvalue weighted by molar-refractivity contribution is 0.0921. The third-order valence-corrected chi connectivity index (χ3v) is 3.04. The Bertz CT molecular complexity index is 533. The molecule has 0 saturated heterocycles. The lowest BCUT2D eigenvalue weighted by Crippen LogP contribution is -2.27. The van der Waals surface area contributed by atoms with Crippen LogP contribution in [0.4, 0.5) is 0 Å². The molecule has 0 aliphatic carbocycles. The number of nitrogens with one attached hydrogen (secondary N) is 1. The maximum absolute atomic E-state index is 12.4. The summed E-state index contributed by atoms with van der Waals surface area (Å²) in [5.74, 6) is 0.0569. The summed E-state index contributed by atoms with van der Waals surface area (Å²) in [6.07, 6.45) is 1.67. The molecule has 0 aliphatic rings. The molecule has 1 aromatic heterocycles. The minimum absolute atomic E-state index is 0.0564. The predicted molar refractivity (Wildman–Crippen MR) is 75.6 cm³/mol. The van der Waals surface area contributed by atoms with E-state index in [1.165, 1.54) is 0 Å².